The van der Waals surface area contributed by atoms with E-state index in [1.165, 1.54) is 4.70 Å². The topological polar surface area (TPSA) is 38.2 Å². The van der Waals surface area contributed by atoms with E-state index in [1.54, 1.807) is 17.7 Å². The summed E-state index contributed by atoms with van der Waals surface area (Å²) in [5, 5.41) is 2.99. The SMILES string of the molecule is BrCCOC1CCN(c2ncnc3ccsc23)CC1. The Hall–Kier alpha value is -0.720. The van der Waals surface area contributed by atoms with Crippen molar-refractivity contribution in [3.63, 3.8) is 0 Å². The van der Waals surface area contributed by atoms with Crippen molar-refractivity contribution >= 4 is 43.3 Å². The van der Waals surface area contributed by atoms with Crippen LogP contribution in [0.4, 0.5) is 5.82 Å². The van der Waals surface area contributed by atoms with Crippen LogP contribution in [0.3, 0.4) is 0 Å². The number of alkyl halides is 1. The third-order valence-electron chi connectivity index (χ3n) is 3.40. The highest BCUT2D eigenvalue weighted by Crippen LogP contribution is 2.29. The van der Waals surface area contributed by atoms with Crippen molar-refractivity contribution in [2.24, 2.45) is 0 Å². The molecule has 3 rings (SSSR count). The van der Waals surface area contributed by atoms with Crippen LogP contribution in [-0.4, -0.2) is 41.1 Å². The van der Waals surface area contributed by atoms with E-state index >= 15 is 0 Å². The summed E-state index contributed by atoms with van der Waals surface area (Å²) < 4.78 is 6.98. The summed E-state index contributed by atoms with van der Waals surface area (Å²) in [4.78, 5) is 11.1. The van der Waals surface area contributed by atoms with Gasteiger partial charge in [0.25, 0.3) is 0 Å². The lowest BCUT2D eigenvalue weighted by molar-refractivity contribution is 0.0480. The minimum Gasteiger partial charge on any atom is -0.377 e. The third-order valence-corrected chi connectivity index (χ3v) is 4.62. The molecular formula is C13H16BrN3OS. The Morgan fingerprint density at radius 2 is 2.21 bits per heavy atom. The van der Waals surface area contributed by atoms with Gasteiger partial charge in [0, 0.05) is 18.4 Å². The molecular weight excluding hydrogens is 326 g/mol. The average Bonchev–Trinajstić information content (AvgIpc) is 2.94. The predicted octanol–water partition coefficient (Wildman–Crippen LogP) is 3.07. The molecule has 0 spiro atoms. The first-order valence-corrected chi connectivity index (χ1v) is 8.49. The zero-order chi connectivity index (χ0) is 13.1. The number of nitrogens with zero attached hydrogens (tertiary/aromatic N) is 3. The summed E-state index contributed by atoms with van der Waals surface area (Å²) in [6, 6.07) is 2.05. The monoisotopic (exact) mass is 341 g/mol. The van der Waals surface area contributed by atoms with Crippen LogP contribution in [0.15, 0.2) is 17.8 Å². The van der Waals surface area contributed by atoms with E-state index in [-0.39, 0.29) is 0 Å². The van der Waals surface area contributed by atoms with Crippen molar-refractivity contribution in [2.75, 3.05) is 29.9 Å². The maximum Gasteiger partial charge on any atom is 0.150 e. The van der Waals surface area contributed by atoms with Crippen LogP contribution < -0.4 is 4.90 Å². The van der Waals surface area contributed by atoms with E-state index in [0.717, 1.165) is 49.2 Å². The fourth-order valence-corrected chi connectivity index (χ4v) is 3.50. The summed E-state index contributed by atoms with van der Waals surface area (Å²) in [5.41, 5.74) is 1.05. The van der Waals surface area contributed by atoms with E-state index in [0.29, 0.717) is 6.10 Å². The maximum absolute atomic E-state index is 5.79. The van der Waals surface area contributed by atoms with Crippen LogP contribution in [0.1, 0.15) is 12.8 Å². The van der Waals surface area contributed by atoms with Gasteiger partial charge in [-0.25, -0.2) is 9.97 Å². The third kappa shape index (κ3) is 2.90. The highest BCUT2D eigenvalue weighted by atomic mass is 79.9. The van der Waals surface area contributed by atoms with Crippen molar-refractivity contribution in [1.29, 1.82) is 0 Å². The number of hydrogen-bond acceptors (Lipinski definition) is 5. The molecule has 6 heteroatoms. The second-order valence-electron chi connectivity index (χ2n) is 4.58. The van der Waals surface area contributed by atoms with Gasteiger partial charge in [-0.3, -0.25) is 0 Å². The molecule has 102 valence electrons. The van der Waals surface area contributed by atoms with Crippen molar-refractivity contribution in [1.82, 2.24) is 9.97 Å². The van der Waals surface area contributed by atoms with Gasteiger partial charge in [0.05, 0.1) is 22.9 Å². The molecule has 0 bridgehead atoms. The van der Waals surface area contributed by atoms with Gasteiger partial charge in [0.2, 0.25) is 0 Å². The van der Waals surface area contributed by atoms with Crippen molar-refractivity contribution < 1.29 is 4.74 Å². The highest BCUT2D eigenvalue weighted by molar-refractivity contribution is 9.09. The van der Waals surface area contributed by atoms with Gasteiger partial charge in [-0.15, -0.1) is 11.3 Å². The highest BCUT2D eigenvalue weighted by Gasteiger charge is 2.22. The molecule has 1 fully saturated rings. The lowest BCUT2D eigenvalue weighted by atomic mass is 10.1. The number of aromatic nitrogens is 2. The van der Waals surface area contributed by atoms with Gasteiger partial charge in [-0.1, -0.05) is 15.9 Å². The molecule has 1 saturated heterocycles. The molecule has 0 aliphatic carbocycles. The largest absolute Gasteiger partial charge is 0.377 e. The first kappa shape index (κ1) is 13.3. The lowest BCUT2D eigenvalue weighted by Crippen LogP contribution is -2.37. The standard InChI is InChI=1S/C13H16BrN3OS/c14-4-7-18-10-1-5-17(6-2-10)13-12-11(3-8-19-12)15-9-16-13/h3,8-10H,1-2,4-7H2. The number of thiophene rings is 1. The molecule has 0 unspecified atom stereocenters. The summed E-state index contributed by atoms with van der Waals surface area (Å²) >= 11 is 5.11. The van der Waals surface area contributed by atoms with Gasteiger partial charge in [-0.05, 0) is 24.3 Å². The van der Waals surface area contributed by atoms with Gasteiger partial charge < -0.3 is 9.64 Å². The number of rotatable bonds is 4. The number of halogens is 1. The van der Waals surface area contributed by atoms with Crippen LogP contribution in [-0.2, 0) is 4.74 Å². The molecule has 4 nitrogen and oxygen atoms in total. The van der Waals surface area contributed by atoms with Crippen molar-refractivity contribution in [3.05, 3.63) is 17.8 Å². The predicted molar refractivity (Wildman–Crippen MR) is 82.4 cm³/mol. The van der Waals surface area contributed by atoms with Crippen LogP contribution >= 0.6 is 27.3 Å². The smallest absolute Gasteiger partial charge is 0.150 e. The number of piperidine rings is 1. The first-order chi connectivity index (χ1) is 9.38. The molecule has 0 radical (unpaired) electrons. The van der Waals surface area contributed by atoms with Gasteiger partial charge >= 0.3 is 0 Å². The zero-order valence-electron chi connectivity index (χ0n) is 10.6. The Bertz CT molecular complexity index is 539. The fraction of sp³-hybridized carbons (Fsp3) is 0.538. The Morgan fingerprint density at radius 3 is 3.00 bits per heavy atom. The number of fused-ring (bicyclic) bond motifs is 1. The normalized spacial score (nSPS) is 17.2. The van der Waals surface area contributed by atoms with Gasteiger partial charge in [-0.2, -0.15) is 0 Å². The van der Waals surface area contributed by atoms with Crippen LogP contribution in [0.2, 0.25) is 0 Å². The Balaban J connectivity index is 1.69. The molecule has 0 atom stereocenters. The van der Waals surface area contributed by atoms with Crippen molar-refractivity contribution in [2.45, 2.75) is 18.9 Å². The fourth-order valence-electron chi connectivity index (χ4n) is 2.45. The van der Waals surface area contributed by atoms with E-state index in [2.05, 4.69) is 42.2 Å². The summed E-state index contributed by atoms with van der Waals surface area (Å²) in [6.45, 7) is 2.82. The molecule has 0 aromatic carbocycles. The Labute approximate surface area is 124 Å². The van der Waals surface area contributed by atoms with Gasteiger partial charge in [0.15, 0.2) is 0 Å². The second kappa shape index (κ2) is 6.15. The zero-order valence-corrected chi connectivity index (χ0v) is 13.0. The van der Waals surface area contributed by atoms with E-state index in [9.17, 15) is 0 Å². The Kier molecular flexibility index (Phi) is 4.30. The first-order valence-electron chi connectivity index (χ1n) is 6.49. The molecule has 2 aromatic rings. The molecule has 19 heavy (non-hydrogen) atoms. The average molecular weight is 342 g/mol. The van der Waals surface area contributed by atoms with Gasteiger partial charge in [0.1, 0.15) is 12.1 Å². The minimum atomic E-state index is 0.398. The molecule has 1 aliphatic rings. The molecule has 0 N–H and O–H groups in total. The summed E-state index contributed by atoms with van der Waals surface area (Å²) in [5.74, 6) is 1.08. The lowest BCUT2D eigenvalue weighted by Gasteiger charge is -2.32. The summed E-state index contributed by atoms with van der Waals surface area (Å²) in [7, 11) is 0. The number of hydrogen-bond donors (Lipinski definition) is 0. The molecule has 0 saturated carbocycles. The van der Waals surface area contributed by atoms with E-state index in [1.807, 2.05) is 0 Å². The summed E-state index contributed by atoms with van der Waals surface area (Å²) in [6.07, 6.45) is 4.21. The number of anilines is 1. The second-order valence-corrected chi connectivity index (χ2v) is 6.29. The van der Waals surface area contributed by atoms with E-state index in [4.69, 9.17) is 4.74 Å². The maximum atomic E-state index is 5.79. The Morgan fingerprint density at radius 1 is 1.37 bits per heavy atom. The number of ether oxygens (including phenoxy) is 1. The molecule has 2 aromatic heterocycles. The van der Waals surface area contributed by atoms with Crippen molar-refractivity contribution in [3.8, 4) is 0 Å². The van der Waals surface area contributed by atoms with Crippen LogP contribution in [0.5, 0.6) is 0 Å². The quantitative estimate of drug-likeness (QED) is 0.801. The molecule has 3 heterocycles. The van der Waals surface area contributed by atoms with Crippen LogP contribution in [0, 0.1) is 0 Å². The molecule has 0 amide bonds. The molecule has 1 aliphatic heterocycles. The van der Waals surface area contributed by atoms with Crippen LogP contribution in [0.25, 0.3) is 10.2 Å². The minimum absolute atomic E-state index is 0.398. The van der Waals surface area contributed by atoms with E-state index < -0.39 is 0 Å².